The Morgan fingerprint density at radius 1 is 1.07 bits per heavy atom. The maximum Gasteiger partial charge on any atom is 0.191 e. The average Bonchev–Trinajstić information content (AvgIpc) is 3.93. The average molecular weight is 739 g/mol. The van der Waals surface area contributed by atoms with Crippen LogP contribution in [0.5, 0.6) is 11.5 Å². The van der Waals surface area contributed by atoms with Crippen LogP contribution in [0.1, 0.15) is 110 Å². The van der Waals surface area contributed by atoms with E-state index in [0.29, 0.717) is 36.7 Å². The zero-order chi connectivity index (χ0) is 37.7. The zero-order valence-corrected chi connectivity index (χ0v) is 31.4. The van der Waals surface area contributed by atoms with Crippen LogP contribution in [0, 0.1) is 47.0 Å². The molecule has 1 fully saturated rings. The van der Waals surface area contributed by atoms with Gasteiger partial charge in [-0.25, -0.2) is 0 Å². The molecule has 2 aromatic heterocycles. The van der Waals surface area contributed by atoms with Crippen LogP contribution in [0.25, 0.3) is 10.9 Å². The van der Waals surface area contributed by atoms with Crippen molar-refractivity contribution in [2.24, 2.45) is 28.9 Å². The largest absolute Gasteiger partial charge is 0.465 e. The highest BCUT2D eigenvalue weighted by Gasteiger charge is 2.46. The first-order valence-corrected chi connectivity index (χ1v) is 20.1. The lowest BCUT2D eigenvalue weighted by atomic mass is 9.73. The summed E-state index contributed by atoms with van der Waals surface area (Å²) < 4.78 is 15.3. The number of aliphatic hydroxyl groups excluding tert-OH is 2. The fourth-order valence-electron chi connectivity index (χ4n) is 9.63. The number of carbonyl (C=O) groups is 1. The van der Waals surface area contributed by atoms with E-state index in [1.807, 2.05) is 30.3 Å². The molecule has 5 heterocycles. The number of ketones is 1. The number of nitrogens with two attached hydrogens (primary N) is 1. The highest BCUT2D eigenvalue weighted by atomic mass is 16.5. The van der Waals surface area contributed by atoms with Gasteiger partial charge in [-0.05, 0) is 90.0 Å². The summed E-state index contributed by atoms with van der Waals surface area (Å²) in [6, 6.07) is 9.82. The number of benzene rings is 2. The number of hydrogen-bond donors (Lipinski definition) is 5. The topological polar surface area (TPSA) is 135 Å². The van der Waals surface area contributed by atoms with Gasteiger partial charge in [0.25, 0.3) is 0 Å². The minimum absolute atomic E-state index is 0.0341. The highest BCUT2D eigenvalue weighted by Crippen LogP contribution is 2.50. The van der Waals surface area contributed by atoms with Gasteiger partial charge in [0.2, 0.25) is 0 Å². The van der Waals surface area contributed by atoms with Crippen LogP contribution in [0.3, 0.4) is 0 Å². The Balaban J connectivity index is 1.07. The number of aromatic amines is 1. The quantitative estimate of drug-likeness (QED) is 0.110. The number of aryl methyl sites for hydroxylation is 1. The van der Waals surface area contributed by atoms with Crippen molar-refractivity contribution in [3.63, 3.8) is 0 Å². The summed E-state index contributed by atoms with van der Waals surface area (Å²) >= 11 is 0. The van der Waals surface area contributed by atoms with Crippen molar-refractivity contribution in [1.29, 1.82) is 0 Å². The SMILES string of the molecule is C[C@H]1C=C[C@H]([C@@H](O)CC(=O)CCc2ccc3c(c2)O[C@H]2[C@@H](C#C[C@H](O)c4ccc5c(c4Cc4c[nH]c6cn2cc46)CCN[C@H]5N)C2(C#CO3)CCCC2)CC1. The Labute approximate surface area is 322 Å². The molecule has 7 atom stereocenters. The summed E-state index contributed by atoms with van der Waals surface area (Å²) in [6.45, 7) is 2.95. The maximum atomic E-state index is 13.1. The van der Waals surface area contributed by atoms with Crippen molar-refractivity contribution in [3.05, 3.63) is 94.5 Å². The molecular formula is C46H50N4O5. The summed E-state index contributed by atoms with van der Waals surface area (Å²) in [7, 11) is 0. The molecule has 9 rings (SSSR count). The predicted octanol–water partition coefficient (Wildman–Crippen LogP) is 6.68. The summed E-state index contributed by atoms with van der Waals surface area (Å²) in [5.41, 5.74) is 13.2. The lowest BCUT2D eigenvalue weighted by Crippen LogP contribution is -2.36. The first kappa shape index (κ1) is 35.9. The summed E-state index contributed by atoms with van der Waals surface area (Å²) in [4.78, 5) is 16.6. The smallest absolute Gasteiger partial charge is 0.191 e. The molecule has 3 aliphatic heterocycles. The van der Waals surface area contributed by atoms with E-state index < -0.39 is 29.8 Å². The van der Waals surface area contributed by atoms with Gasteiger partial charge < -0.3 is 35.0 Å². The molecule has 0 unspecified atom stereocenters. The molecular weight excluding hydrogens is 689 g/mol. The van der Waals surface area contributed by atoms with Crippen LogP contribution in [0.4, 0.5) is 0 Å². The Morgan fingerprint density at radius 2 is 1.93 bits per heavy atom. The van der Waals surface area contributed by atoms with Crippen molar-refractivity contribution in [1.82, 2.24) is 14.9 Å². The van der Waals surface area contributed by atoms with Crippen molar-refractivity contribution < 1.29 is 24.5 Å². The van der Waals surface area contributed by atoms with Crippen molar-refractivity contribution in [2.75, 3.05) is 6.54 Å². The molecule has 1 spiro atoms. The number of nitrogens with zero attached hydrogens (tertiary/aromatic N) is 1. The number of Topliss-reactive ketones (excluding diaryl/α,β-unsaturated/α-hetero) is 1. The highest BCUT2D eigenvalue weighted by molar-refractivity contribution is 5.83. The minimum atomic E-state index is -1.02. The van der Waals surface area contributed by atoms with Gasteiger partial charge >= 0.3 is 0 Å². The normalized spacial score (nSPS) is 26.8. The van der Waals surface area contributed by atoms with Crippen LogP contribution in [0.15, 0.2) is 61.1 Å². The Kier molecular flexibility index (Phi) is 9.60. The molecule has 9 nitrogen and oxygen atoms in total. The molecule has 6 N–H and O–H groups in total. The maximum absolute atomic E-state index is 13.1. The Morgan fingerprint density at radius 3 is 2.76 bits per heavy atom. The van der Waals surface area contributed by atoms with Gasteiger partial charge in [0.1, 0.15) is 18.0 Å². The number of aliphatic hydroxyl groups is 2. The third-order valence-electron chi connectivity index (χ3n) is 12.9. The molecule has 0 radical (unpaired) electrons. The van der Waals surface area contributed by atoms with E-state index in [1.165, 1.54) is 5.56 Å². The standard InChI is InChI=1S/C46H50N4O5/c1-28-4-8-30(9-5-28)41(53)24-32(51)10-6-29-7-15-42-43(22-29)55-45-38(46(19-21-54-42)17-2-3-18-46)13-14-40(52)34-11-12-35-33(16-20-48-44(35)47)36(34)23-31-25-49-39-27-50(45)26-37(31)39/h4,7-8,11-12,15,22,25-28,30,38,40-41,44-45,48-49,52-53H,2-3,5-6,9-10,16-18,20,23-24,47H2,1H3/t28-,30-,38+,40-,41-,44+,45-/m0/s1. The molecule has 2 aliphatic carbocycles. The monoisotopic (exact) mass is 738 g/mol. The molecule has 5 aliphatic rings. The molecule has 0 saturated heterocycles. The van der Waals surface area contributed by atoms with Crippen molar-refractivity contribution >= 4 is 16.7 Å². The second-order valence-corrected chi connectivity index (χ2v) is 16.5. The number of fused-ring (bicyclic) bond motifs is 8. The first-order chi connectivity index (χ1) is 26.7. The lowest BCUT2D eigenvalue weighted by molar-refractivity contribution is -0.121. The van der Waals surface area contributed by atoms with Crippen LogP contribution >= 0.6 is 0 Å². The molecule has 4 aromatic rings. The number of ether oxygens (including phenoxy) is 2. The fraction of sp³-hybridized carbons (Fsp3) is 0.457. The van der Waals surface area contributed by atoms with Crippen LogP contribution in [0.2, 0.25) is 0 Å². The van der Waals surface area contributed by atoms with E-state index in [0.717, 1.165) is 90.2 Å². The van der Waals surface area contributed by atoms with Crippen LogP contribution < -0.4 is 20.5 Å². The summed E-state index contributed by atoms with van der Waals surface area (Å²) in [6.07, 6.45) is 19.2. The van der Waals surface area contributed by atoms with Gasteiger partial charge in [-0.2, -0.15) is 0 Å². The van der Waals surface area contributed by atoms with E-state index in [2.05, 4.69) is 76.4 Å². The van der Waals surface area contributed by atoms with E-state index in [4.69, 9.17) is 15.2 Å². The second kappa shape index (κ2) is 14.7. The summed E-state index contributed by atoms with van der Waals surface area (Å²) in [5.74, 6) is 11.7. The van der Waals surface area contributed by atoms with Gasteiger partial charge in [-0.1, -0.05) is 67.9 Å². The Bertz CT molecular complexity index is 2270. The molecule has 2 bridgehead atoms. The van der Waals surface area contributed by atoms with Gasteiger partial charge in [0.15, 0.2) is 17.7 Å². The van der Waals surface area contributed by atoms with Crippen molar-refractivity contribution in [2.45, 2.75) is 102 Å². The Hall–Kier alpha value is -4.77. The molecule has 9 heteroatoms. The number of hydrogen-bond acceptors (Lipinski definition) is 7. The fourth-order valence-corrected chi connectivity index (χ4v) is 9.63. The number of carbonyl (C=O) groups excluding carboxylic acids is 1. The first-order valence-electron chi connectivity index (χ1n) is 20.1. The van der Waals surface area contributed by atoms with E-state index in [1.54, 1.807) is 0 Å². The second-order valence-electron chi connectivity index (χ2n) is 16.5. The van der Waals surface area contributed by atoms with Gasteiger partial charge in [0, 0.05) is 55.7 Å². The molecule has 284 valence electrons. The van der Waals surface area contributed by atoms with Crippen LogP contribution in [-0.2, 0) is 24.1 Å². The third-order valence-corrected chi connectivity index (χ3v) is 12.9. The molecule has 55 heavy (non-hydrogen) atoms. The molecule has 1 saturated carbocycles. The van der Waals surface area contributed by atoms with Gasteiger partial charge in [-0.3, -0.25) is 10.1 Å². The van der Waals surface area contributed by atoms with Crippen molar-refractivity contribution in [3.8, 4) is 35.4 Å². The minimum Gasteiger partial charge on any atom is -0.465 e. The van der Waals surface area contributed by atoms with Gasteiger partial charge in [0.05, 0.1) is 29.1 Å². The number of H-pyrrole nitrogens is 1. The van der Waals surface area contributed by atoms with E-state index >= 15 is 0 Å². The number of rotatable bonds is 6. The lowest BCUT2D eigenvalue weighted by Gasteiger charge is -2.35. The number of allylic oxidation sites excluding steroid dienone is 1. The van der Waals surface area contributed by atoms with E-state index in [-0.39, 0.29) is 24.3 Å². The third kappa shape index (κ3) is 6.89. The van der Waals surface area contributed by atoms with Gasteiger partial charge in [-0.15, -0.1) is 0 Å². The van der Waals surface area contributed by atoms with Crippen LogP contribution in [-0.4, -0.2) is 38.2 Å². The molecule has 0 amide bonds. The zero-order valence-electron chi connectivity index (χ0n) is 31.4. The number of aromatic nitrogens is 2. The molecule has 2 aromatic carbocycles. The predicted molar refractivity (Wildman–Crippen MR) is 211 cm³/mol. The number of nitrogens with one attached hydrogen (secondary N) is 2. The van der Waals surface area contributed by atoms with E-state index in [9.17, 15) is 15.0 Å². The summed E-state index contributed by atoms with van der Waals surface area (Å²) in [5, 5.41) is 27.2.